The lowest BCUT2D eigenvalue weighted by molar-refractivity contribution is -0.122. The van der Waals surface area contributed by atoms with Gasteiger partial charge in [0.05, 0.1) is 6.04 Å². The van der Waals surface area contributed by atoms with E-state index in [2.05, 4.69) is 22.9 Å². The van der Waals surface area contributed by atoms with Crippen molar-refractivity contribution in [2.75, 3.05) is 0 Å². The second-order valence-corrected chi connectivity index (χ2v) is 5.08. The van der Waals surface area contributed by atoms with Gasteiger partial charge in [0.1, 0.15) is 0 Å². The van der Waals surface area contributed by atoms with E-state index in [1.165, 1.54) is 0 Å². The highest BCUT2D eigenvalue weighted by Crippen LogP contribution is 2.06. The Morgan fingerprint density at radius 1 is 1.25 bits per heavy atom. The molecule has 0 aliphatic heterocycles. The van der Waals surface area contributed by atoms with Crippen molar-refractivity contribution in [1.29, 1.82) is 0 Å². The van der Waals surface area contributed by atoms with Gasteiger partial charge in [-0.1, -0.05) is 30.3 Å². The molecule has 0 saturated carbocycles. The molecule has 0 aliphatic carbocycles. The van der Waals surface area contributed by atoms with E-state index in [9.17, 15) is 4.79 Å². The fourth-order valence-corrected chi connectivity index (χ4v) is 2.08. The van der Waals surface area contributed by atoms with E-state index in [1.807, 2.05) is 36.4 Å². The minimum atomic E-state index is -0.551. The van der Waals surface area contributed by atoms with Crippen LogP contribution in [0.15, 0.2) is 53.7 Å². The van der Waals surface area contributed by atoms with Crippen molar-refractivity contribution in [3.8, 4) is 0 Å². The lowest BCUT2D eigenvalue weighted by atomic mass is 10.1. The van der Waals surface area contributed by atoms with Gasteiger partial charge in [0.2, 0.25) is 5.91 Å². The van der Waals surface area contributed by atoms with Gasteiger partial charge < -0.3 is 11.1 Å². The van der Waals surface area contributed by atoms with Crippen molar-refractivity contribution in [2.24, 2.45) is 5.73 Å². The number of hydrogen-bond donors (Lipinski definition) is 3. The van der Waals surface area contributed by atoms with Crippen molar-refractivity contribution in [3.63, 3.8) is 0 Å². The summed E-state index contributed by atoms with van der Waals surface area (Å²) >= 11 is 4.21. The molecular weight excluding hydrogens is 270 g/mol. The molecule has 4 nitrogen and oxygen atoms in total. The lowest BCUT2D eigenvalue weighted by Crippen LogP contribution is -2.41. The van der Waals surface area contributed by atoms with Crippen LogP contribution in [0.1, 0.15) is 11.1 Å². The van der Waals surface area contributed by atoms with Crippen LogP contribution in [0.2, 0.25) is 0 Å². The summed E-state index contributed by atoms with van der Waals surface area (Å²) in [6.45, 7) is 0.405. The SMILES string of the molecule is N[C@@H](Cc1ccccc1)C(=O)NCc1cncc(S)c1. The first kappa shape index (κ1) is 14.6. The zero-order chi connectivity index (χ0) is 14.4. The van der Waals surface area contributed by atoms with Gasteiger partial charge in [-0.25, -0.2) is 0 Å². The monoisotopic (exact) mass is 287 g/mol. The molecule has 0 fully saturated rings. The van der Waals surface area contributed by atoms with Gasteiger partial charge in [-0.2, -0.15) is 0 Å². The van der Waals surface area contributed by atoms with Gasteiger partial charge in [-0.15, -0.1) is 12.6 Å². The van der Waals surface area contributed by atoms with Crippen LogP contribution in [0.3, 0.4) is 0 Å². The van der Waals surface area contributed by atoms with Crippen LogP contribution in [0, 0.1) is 0 Å². The van der Waals surface area contributed by atoms with E-state index in [4.69, 9.17) is 5.73 Å². The molecule has 20 heavy (non-hydrogen) atoms. The molecule has 2 rings (SSSR count). The number of aromatic nitrogens is 1. The first-order valence-corrected chi connectivity index (χ1v) is 6.80. The number of carbonyl (C=O) groups is 1. The molecule has 1 aromatic heterocycles. The third-order valence-electron chi connectivity index (χ3n) is 2.88. The van der Waals surface area contributed by atoms with E-state index in [0.717, 1.165) is 16.0 Å². The summed E-state index contributed by atoms with van der Waals surface area (Å²) in [5.41, 5.74) is 7.85. The Morgan fingerprint density at radius 3 is 2.70 bits per heavy atom. The number of hydrogen-bond acceptors (Lipinski definition) is 4. The van der Waals surface area contributed by atoms with Crippen LogP contribution in [-0.2, 0) is 17.8 Å². The zero-order valence-electron chi connectivity index (χ0n) is 11.0. The first-order chi connectivity index (χ1) is 9.65. The second-order valence-electron chi connectivity index (χ2n) is 4.57. The van der Waals surface area contributed by atoms with Crippen LogP contribution in [-0.4, -0.2) is 16.9 Å². The molecule has 0 saturated heterocycles. The number of benzene rings is 1. The van der Waals surface area contributed by atoms with E-state index < -0.39 is 6.04 Å². The fraction of sp³-hybridized carbons (Fsp3) is 0.200. The summed E-state index contributed by atoms with van der Waals surface area (Å²) in [6.07, 6.45) is 3.87. The number of amides is 1. The normalized spacial score (nSPS) is 11.9. The van der Waals surface area contributed by atoms with Crippen LogP contribution >= 0.6 is 12.6 Å². The second kappa shape index (κ2) is 7.07. The molecule has 3 N–H and O–H groups in total. The molecule has 1 heterocycles. The van der Waals surface area contributed by atoms with Gasteiger partial charge >= 0.3 is 0 Å². The van der Waals surface area contributed by atoms with E-state index >= 15 is 0 Å². The number of thiol groups is 1. The summed E-state index contributed by atoms with van der Waals surface area (Å²) in [5, 5.41) is 2.81. The fourth-order valence-electron chi connectivity index (χ4n) is 1.85. The largest absolute Gasteiger partial charge is 0.351 e. The average molecular weight is 287 g/mol. The standard InChI is InChI=1S/C15H17N3OS/c16-14(7-11-4-2-1-3-5-11)15(19)18-9-12-6-13(20)10-17-8-12/h1-6,8,10,14,20H,7,9,16H2,(H,18,19)/t14-/m0/s1. The number of nitrogens with two attached hydrogens (primary N) is 1. The minimum Gasteiger partial charge on any atom is -0.351 e. The molecule has 0 spiro atoms. The maximum Gasteiger partial charge on any atom is 0.237 e. The Bertz CT molecular complexity index is 574. The molecule has 0 aliphatic rings. The summed E-state index contributed by atoms with van der Waals surface area (Å²) < 4.78 is 0. The summed E-state index contributed by atoms with van der Waals surface area (Å²) in [5.74, 6) is -0.168. The predicted octanol–water partition coefficient (Wildman–Crippen LogP) is 1.56. The van der Waals surface area contributed by atoms with Gasteiger partial charge in [0, 0.05) is 23.8 Å². The molecule has 104 valence electrons. The van der Waals surface area contributed by atoms with Crippen molar-refractivity contribution in [3.05, 3.63) is 59.9 Å². The Hall–Kier alpha value is -1.85. The molecule has 1 amide bonds. The van der Waals surface area contributed by atoms with Crippen LogP contribution in [0.5, 0.6) is 0 Å². The minimum absolute atomic E-state index is 0.168. The molecular formula is C15H17N3OS. The third-order valence-corrected chi connectivity index (χ3v) is 3.13. The van der Waals surface area contributed by atoms with Gasteiger partial charge in [0.25, 0.3) is 0 Å². The summed E-state index contributed by atoms with van der Waals surface area (Å²) in [6, 6.07) is 11.0. The average Bonchev–Trinajstić information content (AvgIpc) is 2.46. The topological polar surface area (TPSA) is 68.0 Å². The van der Waals surface area contributed by atoms with Crippen molar-refractivity contribution < 1.29 is 4.79 Å². The quantitative estimate of drug-likeness (QED) is 0.731. The van der Waals surface area contributed by atoms with E-state index in [-0.39, 0.29) is 5.91 Å². The highest BCUT2D eigenvalue weighted by molar-refractivity contribution is 7.80. The highest BCUT2D eigenvalue weighted by atomic mass is 32.1. The smallest absolute Gasteiger partial charge is 0.237 e. The molecule has 2 aromatic rings. The van der Waals surface area contributed by atoms with Gasteiger partial charge in [-0.3, -0.25) is 9.78 Å². The maximum absolute atomic E-state index is 11.9. The molecule has 0 unspecified atom stereocenters. The molecule has 5 heteroatoms. The molecule has 1 atom stereocenters. The van der Waals surface area contributed by atoms with Gasteiger partial charge in [-0.05, 0) is 23.6 Å². The number of nitrogens with zero attached hydrogens (tertiary/aromatic N) is 1. The Labute approximate surface area is 123 Å². The molecule has 0 bridgehead atoms. The van der Waals surface area contributed by atoms with Crippen molar-refractivity contribution in [2.45, 2.75) is 23.9 Å². The summed E-state index contributed by atoms with van der Waals surface area (Å²) in [7, 11) is 0. The van der Waals surface area contributed by atoms with Crippen LogP contribution in [0.4, 0.5) is 0 Å². The summed E-state index contributed by atoms with van der Waals surface area (Å²) in [4.78, 5) is 16.7. The molecule has 0 radical (unpaired) electrons. The van der Waals surface area contributed by atoms with Crippen LogP contribution < -0.4 is 11.1 Å². The number of pyridine rings is 1. The van der Waals surface area contributed by atoms with E-state index in [1.54, 1.807) is 12.4 Å². The van der Waals surface area contributed by atoms with Crippen LogP contribution in [0.25, 0.3) is 0 Å². The molecule has 1 aromatic carbocycles. The van der Waals surface area contributed by atoms with Crippen molar-refractivity contribution >= 4 is 18.5 Å². The van der Waals surface area contributed by atoms with E-state index in [0.29, 0.717) is 13.0 Å². The first-order valence-electron chi connectivity index (χ1n) is 6.35. The Kier molecular flexibility index (Phi) is 5.15. The maximum atomic E-state index is 11.9. The van der Waals surface area contributed by atoms with Crippen molar-refractivity contribution in [1.82, 2.24) is 10.3 Å². The van der Waals surface area contributed by atoms with Gasteiger partial charge in [0.15, 0.2) is 0 Å². The predicted molar refractivity (Wildman–Crippen MR) is 81.5 cm³/mol. The Balaban J connectivity index is 1.85. The Morgan fingerprint density at radius 2 is 2.00 bits per heavy atom. The number of nitrogens with one attached hydrogen (secondary N) is 1. The highest BCUT2D eigenvalue weighted by Gasteiger charge is 2.13. The third kappa shape index (κ3) is 4.36. The lowest BCUT2D eigenvalue weighted by Gasteiger charge is -2.12. The number of carbonyl (C=O) groups excluding carboxylic acids is 1. The number of rotatable bonds is 5. The zero-order valence-corrected chi connectivity index (χ0v) is 11.9.